The van der Waals surface area contributed by atoms with E-state index >= 15 is 0 Å². The predicted molar refractivity (Wildman–Crippen MR) is 85.5 cm³/mol. The second-order valence-electron chi connectivity index (χ2n) is 6.16. The first kappa shape index (κ1) is 18.0. The fraction of sp³-hybridized carbons (Fsp3) is 0.529. The maximum Gasteiger partial charge on any atom is 0.407 e. The molecule has 0 bridgehead atoms. The highest BCUT2D eigenvalue weighted by Crippen LogP contribution is 2.17. The van der Waals surface area contributed by atoms with Gasteiger partial charge in [0.1, 0.15) is 11.4 Å². The molecule has 0 saturated carbocycles. The van der Waals surface area contributed by atoms with Crippen molar-refractivity contribution in [3.63, 3.8) is 0 Å². The summed E-state index contributed by atoms with van der Waals surface area (Å²) in [6.45, 7) is 9.86. The van der Waals surface area contributed by atoms with Crippen LogP contribution in [0.25, 0.3) is 0 Å². The number of hydrogen-bond donors (Lipinski definition) is 1. The zero-order valence-electron chi connectivity index (χ0n) is 14.0. The first-order valence-corrected chi connectivity index (χ1v) is 7.40. The van der Waals surface area contributed by atoms with Gasteiger partial charge in [-0.25, -0.2) is 4.79 Å². The minimum atomic E-state index is -0.490. The van der Waals surface area contributed by atoms with Gasteiger partial charge in [0.15, 0.2) is 5.78 Å². The van der Waals surface area contributed by atoms with Gasteiger partial charge in [-0.2, -0.15) is 0 Å². The summed E-state index contributed by atoms with van der Waals surface area (Å²) in [6, 6.07) is 5.40. The number of carbonyl (C=O) groups is 2. The van der Waals surface area contributed by atoms with E-state index in [1.54, 1.807) is 19.1 Å². The van der Waals surface area contributed by atoms with E-state index in [1.165, 1.54) is 0 Å². The number of rotatable bonds is 6. The van der Waals surface area contributed by atoms with E-state index in [-0.39, 0.29) is 5.78 Å². The van der Waals surface area contributed by atoms with Crippen molar-refractivity contribution in [1.29, 1.82) is 0 Å². The van der Waals surface area contributed by atoms with Crippen LogP contribution >= 0.6 is 0 Å². The molecule has 0 aliphatic heterocycles. The van der Waals surface area contributed by atoms with Crippen molar-refractivity contribution in [2.45, 2.75) is 46.6 Å². The topological polar surface area (TPSA) is 64.6 Å². The molecule has 0 atom stereocenters. The second-order valence-corrected chi connectivity index (χ2v) is 6.16. The van der Waals surface area contributed by atoms with Crippen LogP contribution in [0.4, 0.5) is 4.79 Å². The Morgan fingerprint density at radius 3 is 2.45 bits per heavy atom. The van der Waals surface area contributed by atoms with Gasteiger partial charge in [0.05, 0.1) is 6.61 Å². The van der Waals surface area contributed by atoms with E-state index < -0.39 is 11.7 Å². The van der Waals surface area contributed by atoms with Gasteiger partial charge in [-0.05, 0) is 64.8 Å². The molecule has 1 aromatic carbocycles. The first-order chi connectivity index (χ1) is 10.2. The Labute approximate surface area is 132 Å². The van der Waals surface area contributed by atoms with Gasteiger partial charge in [0, 0.05) is 12.1 Å². The molecule has 0 radical (unpaired) electrons. The van der Waals surface area contributed by atoms with Crippen LogP contribution in [0.3, 0.4) is 0 Å². The second kappa shape index (κ2) is 7.82. The molecule has 0 aliphatic carbocycles. The fourth-order valence-electron chi connectivity index (χ4n) is 1.89. The summed E-state index contributed by atoms with van der Waals surface area (Å²) in [6.07, 6.45) is 0.251. The molecule has 0 saturated heterocycles. The minimum Gasteiger partial charge on any atom is -0.494 e. The van der Waals surface area contributed by atoms with Crippen molar-refractivity contribution in [1.82, 2.24) is 5.32 Å². The van der Waals surface area contributed by atoms with Gasteiger partial charge >= 0.3 is 6.09 Å². The number of hydrogen-bond acceptors (Lipinski definition) is 4. The number of benzene rings is 1. The van der Waals surface area contributed by atoms with E-state index in [2.05, 4.69) is 5.32 Å². The van der Waals surface area contributed by atoms with Crippen LogP contribution in [-0.4, -0.2) is 30.6 Å². The third-order valence-corrected chi connectivity index (χ3v) is 2.84. The Hall–Kier alpha value is -2.04. The monoisotopic (exact) mass is 307 g/mol. The van der Waals surface area contributed by atoms with E-state index in [4.69, 9.17) is 9.47 Å². The Bertz CT molecular complexity index is 532. The molecule has 122 valence electrons. The van der Waals surface area contributed by atoms with E-state index in [1.807, 2.05) is 33.8 Å². The van der Waals surface area contributed by atoms with Gasteiger partial charge in [-0.15, -0.1) is 0 Å². The summed E-state index contributed by atoms with van der Waals surface area (Å²) in [4.78, 5) is 22.8. The summed E-state index contributed by atoms with van der Waals surface area (Å²) < 4.78 is 10.7. The van der Waals surface area contributed by atoms with Gasteiger partial charge < -0.3 is 14.8 Å². The molecular formula is C17H25NO4. The fourth-order valence-corrected chi connectivity index (χ4v) is 1.89. The lowest BCUT2D eigenvalue weighted by Crippen LogP contribution is -2.33. The van der Waals surface area contributed by atoms with Gasteiger partial charge in [-0.1, -0.05) is 0 Å². The van der Waals surface area contributed by atoms with Crippen LogP contribution in [0.15, 0.2) is 18.2 Å². The number of alkyl carbamates (subject to hydrolysis) is 1. The van der Waals surface area contributed by atoms with Crippen LogP contribution in [0.1, 0.15) is 50.0 Å². The zero-order valence-corrected chi connectivity index (χ0v) is 14.0. The van der Waals surface area contributed by atoms with Crippen molar-refractivity contribution in [3.8, 4) is 5.75 Å². The molecule has 0 heterocycles. The largest absolute Gasteiger partial charge is 0.494 e. The minimum absolute atomic E-state index is 0.0469. The summed E-state index contributed by atoms with van der Waals surface area (Å²) in [7, 11) is 0. The third-order valence-electron chi connectivity index (χ3n) is 2.84. The lowest BCUT2D eigenvalue weighted by molar-refractivity contribution is 0.0525. The summed E-state index contributed by atoms with van der Waals surface area (Å²) in [5.41, 5.74) is 1.12. The average Bonchev–Trinajstić information content (AvgIpc) is 2.35. The molecule has 0 spiro atoms. The molecular weight excluding hydrogens is 282 g/mol. The molecule has 0 aromatic heterocycles. The highest BCUT2D eigenvalue weighted by atomic mass is 16.6. The van der Waals surface area contributed by atoms with Gasteiger partial charge in [0.25, 0.3) is 0 Å². The van der Waals surface area contributed by atoms with Crippen LogP contribution in [0, 0.1) is 6.92 Å². The molecule has 0 aliphatic rings. The van der Waals surface area contributed by atoms with Crippen molar-refractivity contribution in [3.05, 3.63) is 29.3 Å². The van der Waals surface area contributed by atoms with Crippen molar-refractivity contribution < 1.29 is 19.1 Å². The van der Waals surface area contributed by atoms with Crippen molar-refractivity contribution in [2.75, 3.05) is 13.2 Å². The lowest BCUT2D eigenvalue weighted by Gasteiger charge is -2.19. The standard InChI is InChI=1S/C17H25NO4/c1-12-11-14(7-8-15(12)13(2)19)21-10-6-9-18-16(20)22-17(3,4)5/h7-8,11H,6,9-10H2,1-5H3,(H,18,20). The van der Waals surface area contributed by atoms with E-state index in [9.17, 15) is 9.59 Å². The number of carbonyl (C=O) groups excluding carboxylic acids is 2. The van der Waals surface area contributed by atoms with E-state index in [0.717, 1.165) is 11.3 Å². The molecule has 0 fully saturated rings. The normalized spacial score (nSPS) is 11.0. The Balaban J connectivity index is 2.29. The third kappa shape index (κ3) is 6.61. The highest BCUT2D eigenvalue weighted by Gasteiger charge is 2.15. The first-order valence-electron chi connectivity index (χ1n) is 7.40. The Morgan fingerprint density at radius 2 is 1.91 bits per heavy atom. The summed E-state index contributed by atoms with van der Waals surface area (Å²) in [5.74, 6) is 0.769. The quantitative estimate of drug-likeness (QED) is 0.645. The smallest absolute Gasteiger partial charge is 0.407 e. The molecule has 1 amide bonds. The molecule has 5 nitrogen and oxygen atoms in total. The SMILES string of the molecule is CC(=O)c1ccc(OCCCNC(=O)OC(C)(C)C)cc1C. The highest BCUT2D eigenvalue weighted by molar-refractivity contribution is 5.95. The lowest BCUT2D eigenvalue weighted by atomic mass is 10.1. The number of ketones is 1. The molecule has 22 heavy (non-hydrogen) atoms. The zero-order chi connectivity index (χ0) is 16.8. The Morgan fingerprint density at radius 1 is 1.23 bits per heavy atom. The predicted octanol–water partition coefficient (Wildman–Crippen LogP) is 3.49. The number of aryl methyl sites for hydroxylation is 1. The molecule has 5 heteroatoms. The number of nitrogens with one attached hydrogen (secondary N) is 1. The molecule has 0 unspecified atom stereocenters. The van der Waals surface area contributed by atoms with Crippen LogP contribution in [-0.2, 0) is 4.74 Å². The molecule has 1 rings (SSSR count). The van der Waals surface area contributed by atoms with E-state index in [0.29, 0.717) is 25.1 Å². The number of amides is 1. The van der Waals surface area contributed by atoms with Crippen LogP contribution in [0.2, 0.25) is 0 Å². The van der Waals surface area contributed by atoms with Crippen LogP contribution < -0.4 is 10.1 Å². The Kier molecular flexibility index (Phi) is 6.40. The molecule has 1 aromatic rings. The number of ether oxygens (including phenoxy) is 2. The summed E-state index contributed by atoms with van der Waals surface area (Å²) >= 11 is 0. The van der Waals surface area contributed by atoms with Crippen molar-refractivity contribution in [2.24, 2.45) is 0 Å². The maximum atomic E-state index is 11.4. The van der Waals surface area contributed by atoms with Gasteiger partial charge in [-0.3, -0.25) is 4.79 Å². The summed E-state index contributed by atoms with van der Waals surface area (Å²) in [5, 5.41) is 2.68. The van der Waals surface area contributed by atoms with Crippen LogP contribution in [0.5, 0.6) is 5.75 Å². The molecule has 1 N–H and O–H groups in total. The number of Topliss-reactive ketones (excluding diaryl/α,β-unsaturated/α-hetero) is 1. The van der Waals surface area contributed by atoms with Crippen molar-refractivity contribution >= 4 is 11.9 Å². The maximum absolute atomic E-state index is 11.4. The van der Waals surface area contributed by atoms with Gasteiger partial charge in [0.2, 0.25) is 0 Å². The average molecular weight is 307 g/mol.